The van der Waals surface area contributed by atoms with Crippen LogP contribution in [-0.4, -0.2) is 64.1 Å². The summed E-state index contributed by atoms with van der Waals surface area (Å²) in [5.74, 6) is -1.35. The number of likely N-dealkylation sites (tertiary alicyclic amines) is 1. The van der Waals surface area contributed by atoms with E-state index in [1.165, 1.54) is 18.4 Å². The molecule has 1 aliphatic heterocycles. The van der Waals surface area contributed by atoms with Crippen molar-refractivity contribution in [2.24, 2.45) is 0 Å². The Morgan fingerprint density at radius 3 is 2.62 bits per heavy atom. The molecule has 1 saturated heterocycles. The van der Waals surface area contributed by atoms with E-state index in [0.717, 1.165) is 21.3 Å². The molecule has 4 N–H and O–H groups in total. The van der Waals surface area contributed by atoms with Crippen molar-refractivity contribution in [1.82, 2.24) is 20.2 Å². The van der Waals surface area contributed by atoms with Crippen LogP contribution in [0.15, 0.2) is 60.7 Å². The van der Waals surface area contributed by atoms with Gasteiger partial charge in [-0.3, -0.25) is 9.59 Å². The lowest BCUT2D eigenvalue weighted by Crippen LogP contribution is -2.46. The third-order valence-corrected chi connectivity index (χ3v) is 7.60. The van der Waals surface area contributed by atoms with Gasteiger partial charge in [-0.15, -0.1) is 0 Å². The van der Waals surface area contributed by atoms with Crippen molar-refractivity contribution >= 4 is 44.5 Å². The Morgan fingerprint density at radius 2 is 1.87 bits per heavy atom. The molecule has 5 rings (SSSR count). The summed E-state index contributed by atoms with van der Waals surface area (Å²) >= 11 is 1.38. The van der Waals surface area contributed by atoms with E-state index in [2.05, 4.69) is 15.3 Å². The number of nitrogen functional groups attached to an aromatic ring is 1. The number of piperidine rings is 1. The Hall–Kier alpha value is -4.35. The normalized spacial score (nSPS) is 17.1. The SMILES string of the molecule is COC(=O)c1ccc(C2CCN(C(=O)c3cccc(C(=O)NCc4ccc5nc(N)sc5c4)n3)CC2O)cc1. The van der Waals surface area contributed by atoms with E-state index < -0.39 is 18.0 Å². The number of pyridine rings is 1. The molecule has 11 heteroatoms. The highest BCUT2D eigenvalue weighted by Gasteiger charge is 2.32. The first-order valence-electron chi connectivity index (χ1n) is 12.4. The summed E-state index contributed by atoms with van der Waals surface area (Å²) in [5, 5.41) is 14.1. The number of β-amino-alcohol motifs (C(OH)–C–C–N with tert-alkyl or cyclic N) is 1. The van der Waals surface area contributed by atoms with E-state index in [1.54, 1.807) is 47.4 Å². The molecular formula is C28H27N5O5S. The molecule has 200 valence electrons. The molecule has 39 heavy (non-hydrogen) atoms. The molecule has 2 amide bonds. The fourth-order valence-electron chi connectivity index (χ4n) is 4.70. The quantitative estimate of drug-likeness (QED) is 0.313. The van der Waals surface area contributed by atoms with Crippen molar-refractivity contribution in [3.05, 3.63) is 88.7 Å². The van der Waals surface area contributed by atoms with Crippen LogP contribution in [0.25, 0.3) is 10.2 Å². The number of amides is 2. The molecule has 1 aliphatic rings. The number of hydrogen-bond donors (Lipinski definition) is 3. The zero-order chi connectivity index (χ0) is 27.5. The molecule has 2 aromatic carbocycles. The molecule has 2 unspecified atom stereocenters. The summed E-state index contributed by atoms with van der Waals surface area (Å²) < 4.78 is 5.67. The second kappa shape index (κ2) is 11.2. The molecule has 0 spiro atoms. The van der Waals surface area contributed by atoms with Crippen LogP contribution in [-0.2, 0) is 11.3 Å². The number of rotatable bonds is 6. The number of carbonyl (C=O) groups is 3. The van der Waals surface area contributed by atoms with E-state index in [0.29, 0.717) is 23.7 Å². The molecule has 0 saturated carbocycles. The van der Waals surface area contributed by atoms with E-state index in [-0.39, 0.29) is 36.3 Å². The molecule has 3 heterocycles. The Bertz CT molecular complexity index is 1540. The van der Waals surface area contributed by atoms with Gasteiger partial charge < -0.3 is 25.8 Å². The monoisotopic (exact) mass is 545 g/mol. The fourth-order valence-corrected chi connectivity index (χ4v) is 5.50. The number of anilines is 1. The van der Waals surface area contributed by atoms with Gasteiger partial charge in [0.05, 0.1) is 29.0 Å². The van der Waals surface area contributed by atoms with Crippen molar-refractivity contribution in [1.29, 1.82) is 0 Å². The Balaban J connectivity index is 1.20. The summed E-state index contributed by atoms with van der Waals surface area (Å²) in [5.41, 5.74) is 9.05. The van der Waals surface area contributed by atoms with Crippen molar-refractivity contribution in [2.45, 2.75) is 25.0 Å². The van der Waals surface area contributed by atoms with Crippen molar-refractivity contribution < 1.29 is 24.2 Å². The van der Waals surface area contributed by atoms with Gasteiger partial charge in [0.2, 0.25) is 0 Å². The zero-order valence-electron chi connectivity index (χ0n) is 21.2. The van der Waals surface area contributed by atoms with Crippen molar-refractivity contribution in [3.8, 4) is 0 Å². The number of nitrogens with one attached hydrogen (secondary N) is 1. The van der Waals surface area contributed by atoms with Gasteiger partial charge in [0.15, 0.2) is 5.13 Å². The topological polar surface area (TPSA) is 148 Å². The number of methoxy groups -OCH3 is 1. The van der Waals surface area contributed by atoms with Crippen molar-refractivity contribution in [2.75, 3.05) is 25.9 Å². The lowest BCUT2D eigenvalue weighted by atomic mass is 9.86. The first-order valence-corrected chi connectivity index (χ1v) is 13.2. The molecule has 0 bridgehead atoms. The molecule has 1 fully saturated rings. The van der Waals surface area contributed by atoms with Gasteiger partial charge in [-0.2, -0.15) is 0 Å². The largest absolute Gasteiger partial charge is 0.465 e. The first kappa shape index (κ1) is 26.3. The second-order valence-electron chi connectivity index (χ2n) is 9.27. The maximum Gasteiger partial charge on any atom is 0.337 e. The molecule has 10 nitrogen and oxygen atoms in total. The highest BCUT2D eigenvalue weighted by Crippen LogP contribution is 2.29. The van der Waals surface area contributed by atoms with Crippen LogP contribution in [0.4, 0.5) is 5.13 Å². The molecular weight excluding hydrogens is 518 g/mol. The lowest BCUT2D eigenvalue weighted by Gasteiger charge is -2.36. The predicted octanol–water partition coefficient (Wildman–Crippen LogP) is 2.98. The van der Waals surface area contributed by atoms with Crippen LogP contribution in [0.5, 0.6) is 0 Å². The van der Waals surface area contributed by atoms with Crippen LogP contribution < -0.4 is 11.1 Å². The van der Waals surface area contributed by atoms with Gasteiger partial charge in [-0.05, 0) is 53.9 Å². The van der Waals surface area contributed by atoms with E-state index in [9.17, 15) is 19.5 Å². The summed E-state index contributed by atoms with van der Waals surface area (Å²) in [7, 11) is 1.32. The van der Waals surface area contributed by atoms with Crippen LogP contribution >= 0.6 is 11.3 Å². The summed E-state index contributed by atoms with van der Waals surface area (Å²) in [6, 6.07) is 17.3. The van der Waals surface area contributed by atoms with Gasteiger partial charge in [0.1, 0.15) is 11.4 Å². The Kier molecular flexibility index (Phi) is 7.53. The molecule has 2 aromatic heterocycles. The third-order valence-electron chi connectivity index (χ3n) is 6.75. The smallest absolute Gasteiger partial charge is 0.337 e. The standard InChI is InChI=1S/C28H27N5O5S/c1-38-27(37)18-8-6-17(7-9-18)19-11-12-33(15-23(19)34)26(36)22-4-2-3-21(31-22)25(35)30-14-16-5-10-20-24(13-16)39-28(29)32-20/h2-10,13,19,23,34H,11-12,14-15H2,1H3,(H2,29,32)(H,30,35). The first-order chi connectivity index (χ1) is 18.8. The maximum absolute atomic E-state index is 13.2. The number of benzene rings is 2. The number of nitrogens with two attached hydrogens (primary N) is 1. The highest BCUT2D eigenvalue weighted by molar-refractivity contribution is 7.22. The predicted molar refractivity (Wildman–Crippen MR) is 146 cm³/mol. The fraction of sp³-hybridized carbons (Fsp3) is 0.250. The number of ether oxygens (including phenoxy) is 1. The van der Waals surface area contributed by atoms with Crippen molar-refractivity contribution in [3.63, 3.8) is 0 Å². The number of hydrogen-bond acceptors (Lipinski definition) is 9. The van der Waals surface area contributed by atoms with Gasteiger partial charge in [0.25, 0.3) is 11.8 Å². The minimum absolute atomic E-state index is 0.130. The average Bonchev–Trinajstić information content (AvgIpc) is 3.34. The molecule has 0 aliphatic carbocycles. The molecule has 0 radical (unpaired) electrons. The molecule has 2 atom stereocenters. The van der Waals surface area contributed by atoms with Crippen LogP contribution in [0.3, 0.4) is 0 Å². The maximum atomic E-state index is 13.2. The average molecular weight is 546 g/mol. The van der Waals surface area contributed by atoms with Crippen LogP contribution in [0.1, 0.15) is 54.8 Å². The number of nitrogens with zero attached hydrogens (tertiary/aromatic N) is 3. The van der Waals surface area contributed by atoms with E-state index >= 15 is 0 Å². The van der Waals surface area contributed by atoms with Gasteiger partial charge in [-0.25, -0.2) is 14.8 Å². The number of thiazole rings is 1. The summed E-state index contributed by atoms with van der Waals surface area (Å²) in [6.07, 6.45) is -0.246. The number of aromatic nitrogens is 2. The number of aliphatic hydroxyl groups excluding tert-OH is 1. The third kappa shape index (κ3) is 5.74. The van der Waals surface area contributed by atoms with E-state index in [1.807, 2.05) is 18.2 Å². The summed E-state index contributed by atoms with van der Waals surface area (Å²) in [6.45, 7) is 0.833. The van der Waals surface area contributed by atoms with Gasteiger partial charge >= 0.3 is 5.97 Å². The Labute approximate surface area is 228 Å². The lowest BCUT2D eigenvalue weighted by molar-refractivity contribution is 0.0377. The zero-order valence-corrected chi connectivity index (χ0v) is 22.0. The second-order valence-corrected chi connectivity index (χ2v) is 10.3. The minimum Gasteiger partial charge on any atom is -0.465 e. The number of aliphatic hydroxyl groups is 1. The highest BCUT2D eigenvalue weighted by atomic mass is 32.1. The molecule has 4 aromatic rings. The summed E-state index contributed by atoms with van der Waals surface area (Å²) in [4.78, 5) is 47.7. The Morgan fingerprint density at radius 1 is 1.10 bits per heavy atom. The van der Waals surface area contributed by atoms with E-state index in [4.69, 9.17) is 10.5 Å². The van der Waals surface area contributed by atoms with Crippen LogP contribution in [0.2, 0.25) is 0 Å². The number of carbonyl (C=O) groups excluding carboxylic acids is 3. The van der Waals surface area contributed by atoms with Crippen LogP contribution in [0, 0.1) is 0 Å². The van der Waals surface area contributed by atoms with Gasteiger partial charge in [-0.1, -0.05) is 35.6 Å². The number of fused-ring (bicyclic) bond motifs is 1. The van der Waals surface area contributed by atoms with Gasteiger partial charge in [0, 0.05) is 25.6 Å². The minimum atomic E-state index is -0.788. The number of esters is 1.